The Morgan fingerprint density at radius 3 is 2.74 bits per heavy atom. The molecule has 3 heterocycles. The van der Waals surface area contributed by atoms with Crippen molar-refractivity contribution in [1.82, 2.24) is 4.90 Å². The molecule has 0 bridgehead atoms. The number of piperidine rings is 1. The minimum absolute atomic E-state index is 0.223. The maximum Gasteiger partial charge on any atom is 0.190 e. The Hall–Kier alpha value is -1.10. The van der Waals surface area contributed by atoms with E-state index in [0.717, 1.165) is 62.9 Å². The number of likely N-dealkylation sites (tertiary alicyclic amines) is 1. The molecule has 0 saturated carbocycles. The van der Waals surface area contributed by atoms with Gasteiger partial charge in [0.05, 0.1) is 0 Å². The number of Topliss-reactive ketones (excluding diaryl/α,β-unsaturated/α-hetero) is 1. The van der Waals surface area contributed by atoms with Crippen molar-refractivity contribution in [2.75, 3.05) is 38.2 Å². The molecule has 3 aliphatic heterocycles. The highest BCUT2D eigenvalue weighted by Crippen LogP contribution is 2.40. The number of hydrogen-bond donors (Lipinski definition) is 1. The summed E-state index contributed by atoms with van der Waals surface area (Å²) < 4.78 is 5.44. The monoisotopic (exact) mass is 334 g/mol. The van der Waals surface area contributed by atoms with E-state index in [4.69, 9.17) is 16.3 Å². The number of hydrogen-bond acceptors (Lipinski definition) is 4. The molecule has 0 amide bonds. The van der Waals surface area contributed by atoms with Gasteiger partial charge in [-0.1, -0.05) is 11.6 Å². The molecule has 1 spiro atoms. The number of anilines is 1. The normalized spacial score (nSPS) is 24.7. The van der Waals surface area contributed by atoms with Gasteiger partial charge in [-0.15, -0.1) is 0 Å². The Labute approximate surface area is 142 Å². The lowest BCUT2D eigenvalue weighted by Gasteiger charge is -2.40. The van der Waals surface area contributed by atoms with Crippen molar-refractivity contribution in [2.24, 2.45) is 5.92 Å². The molecule has 2 fully saturated rings. The second kappa shape index (κ2) is 6.08. The van der Waals surface area contributed by atoms with E-state index in [-0.39, 0.29) is 5.78 Å². The molecule has 3 aliphatic rings. The topological polar surface area (TPSA) is 41.6 Å². The maximum atomic E-state index is 12.9. The van der Waals surface area contributed by atoms with Crippen molar-refractivity contribution >= 4 is 23.1 Å². The Bertz CT molecular complexity index is 605. The van der Waals surface area contributed by atoms with Gasteiger partial charge >= 0.3 is 0 Å². The summed E-state index contributed by atoms with van der Waals surface area (Å²) in [6.45, 7) is 4.92. The zero-order chi connectivity index (χ0) is 15.9. The molecule has 4 nitrogen and oxygen atoms in total. The minimum atomic E-state index is -0.404. The fourth-order valence-corrected chi connectivity index (χ4v) is 4.32. The molecule has 1 aromatic carbocycles. The molecule has 0 aromatic heterocycles. The van der Waals surface area contributed by atoms with E-state index in [1.54, 1.807) is 6.07 Å². The third-order valence-electron chi connectivity index (χ3n) is 5.60. The summed E-state index contributed by atoms with van der Waals surface area (Å²) >= 11 is 6.05. The summed E-state index contributed by atoms with van der Waals surface area (Å²) in [7, 11) is 0. The second-order valence-corrected chi connectivity index (χ2v) is 7.52. The van der Waals surface area contributed by atoms with Crippen LogP contribution in [0.4, 0.5) is 5.69 Å². The van der Waals surface area contributed by atoms with E-state index < -0.39 is 5.54 Å². The van der Waals surface area contributed by atoms with Crippen molar-refractivity contribution in [3.05, 3.63) is 28.8 Å². The number of carbonyl (C=O) groups is 1. The largest absolute Gasteiger partial charge is 0.381 e. The lowest BCUT2D eigenvalue weighted by molar-refractivity contribution is 0.0454. The summed E-state index contributed by atoms with van der Waals surface area (Å²) in [6.07, 6.45) is 4.09. The predicted molar refractivity (Wildman–Crippen MR) is 91.4 cm³/mol. The van der Waals surface area contributed by atoms with Crippen LogP contribution in [0.3, 0.4) is 0 Å². The van der Waals surface area contributed by atoms with Crippen LogP contribution in [0, 0.1) is 5.92 Å². The summed E-state index contributed by atoms with van der Waals surface area (Å²) in [4.78, 5) is 15.4. The molecule has 124 valence electrons. The first kappa shape index (κ1) is 15.4. The van der Waals surface area contributed by atoms with Gasteiger partial charge in [-0.3, -0.25) is 4.79 Å². The van der Waals surface area contributed by atoms with Crippen LogP contribution in [0.2, 0.25) is 5.02 Å². The highest BCUT2D eigenvalue weighted by Gasteiger charge is 2.47. The minimum Gasteiger partial charge on any atom is -0.381 e. The van der Waals surface area contributed by atoms with Crippen LogP contribution in [0.5, 0.6) is 0 Å². The van der Waals surface area contributed by atoms with Crippen molar-refractivity contribution < 1.29 is 9.53 Å². The molecule has 2 saturated heterocycles. The molecule has 0 atom stereocenters. The molecule has 1 N–H and O–H groups in total. The van der Waals surface area contributed by atoms with Crippen LogP contribution in [0.1, 0.15) is 36.0 Å². The fourth-order valence-electron chi connectivity index (χ4n) is 4.15. The number of ether oxygens (including phenoxy) is 1. The molecular weight excluding hydrogens is 312 g/mol. The van der Waals surface area contributed by atoms with E-state index >= 15 is 0 Å². The standard InChI is InChI=1S/C18H23ClN2O2/c19-14-1-2-16-15(11-14)17(22)18(20-16)5-7-21(8-6-18)12-13-3-9-23-10-4-13/h1-2,11,13,20H,3-10,12H2. The highest BCUT2D eigenvalue weighted by atomic mass is 35.5. The van der Waals surface area contributed by atoms with Gasteiger partial charge in [-0.05, 0) is 49.8 Å². The summed E-state index contributed by atoms with van der Waals surface area (Å²) in [5.74, 6) is 0.974. The molecule has 0 radical (unpaired) electrons. The van der Waals surface area contributed by atoms with Gasteiger partial charge in [-0.2, -0.15) is 0 Å². The van der Waals surface area contributed by atoms with Crippen LogP contribution < -0.4 is 5.32 Å². The Morgan fingerprint density at radius 1 is 1.26 bits per heavy atom. The molecule has 1 aromatic rings. The molecule has 0 unspecified atom stereocenters. The van der Waals surface area contributed by atoms with Gasteiger partial charge < -0.3 is 15.0 Å². The van der Waals surface area contributed by atoms with Crippen molar-refractivity contribution in [1.29, 1.82) is 0 Å². The third-order valence-corrected chi connectivity index (χ3v) is 5.84. The Kier molecular flexibility index (Phi) is 4.08. The number of nitrogens with zero attached hydrogens (tertiary/aromatic N) is 1. The van der Waals surface area contributed by atoms with Crippen molar-refractivity contribution in [3.63, 3.8) is 0 Å². The number of benzene rings is 1. The van der Waals surface area contributed by atoms with Gasteiger partial charge in [0.25, 0.3) is 0 Å². The van der Waals surface area contributed by atoms with Gasteiger partial charge in [0.2, 0.25) is 0 Å². The van der Waals surface area contributed by atoms with Crippen LogP contribution in [0.15, 0.2) is 18.2 Å². The summed E-state index contributed by atoms with van der Waals surface area (Å²) in [5, 5.41) is 4.13. The van der Waals surface area contributed by atoms with Crippen molar-refractivity contribution in [3.8, 4) is 0 Å². The fraction of sp³-hybridized carbons (Fsp3) is 0.611. The lowest BCUT2D eigenvalue weighted by atomic mass is 9.83. The summed E-state index contributed by atoms with van der Waals surface area (Å²) in [6, 6.07) is 5.58. The van der Waals surface area contributed by atoms with Crippen LogP contribution >= 0.6 is 11.6 Å². The smallest absolute Gasteiger partial charge is 0.190 e. The van der Waals surface area contributed by atoms with E-state index in [0.29, 0.717) is 5.02 Å². The maximum absolute atomic E-state index is 12.9. The molecule has 4 rings (SSSR count). The third kappa shape index (κ3) is 2.88. The van der Waals surface area contributed by atoms with Gasteiger partial charge in [0.1, 0.15) is 5.54 Å². The first-order valence-electron chi connectivity index (χ1n) is 8.59. The molecule has 23 heavy (non-hydrogen) atoms. The number of nitrogens with one attached hydrogen (secondary N) is 1. The summed E-state index contributed by atoms with van der Waals surface area (Å²) in [5.41, 5.74) is 1.30. The first-order chi connectivity index (χ1) is 11.2. The molecular formula is C18H23ClN2O2. The van der Waals surface area contributed by atoms with Crippen molar-refractivity contribution in [2.45, 2.75) is 31.2 Å². The number of halogens is 1. The van der Waals surface area contributed by atoms with E-state index in [2.05, 4.69) is 10.2 Å². The van der Waals surface area contributed by atoms with E-state index in [1.165, 1.54) is 12.8 Å². The van der Waals surface area contributed by atoms with Crippen LogP contribution in [-0.4, -0.2) is 49.1 Å². The molecule has 0 aliphatic carbocycles. The lowest BCUT2D eigenvalue weighted by Crippen LogP contribution is -2.52. The second-order valence-electron chi connectivity index (χ2n) is 7.08. The SMILES string of the molecule is O=C1c2cc(Cl)ccc2NC12CCN(CC1CCOCC1)CC2. The number of fused-ring (bicyclic) bond motifs is 1. The van der Waals surface area contributed by atoms with E-state index in [1.807, 2.05) is 12.1 Å². The number of rotatable bonds is 2. The Morgan fingerprint density at radius 2 is 2.00 bits per heavy atom. The zero-order valence-electron chi connectivity index (χ0n) is 13.3. The van der Waals surface area contributed by atoms with Crippen LogP contribution in [0.25, 0.3) is 0 Å². The first-order valence-corrected chi connectivity index (χ1v) is 8.97. The van der Waals surface area contributed by atoms with Gasteiger partial charge in [-0.25, -0.2) is 0 Å². The van der Waals surface area contributed by atoms with Gasteiger partial charge in [0, 0.05) is 49.1 Å². The van der Waals surface area contributed by atoms with E-state index in [9.17, 15) is 4.79 Å². The number of carbonyl (C=O) groups excluding carboxylic acids is 1. The Balaban J connectivity index is 1.40. The average molecular weight is 335 g/mol. The quantitative estimate of drug-likeness (QED) is 0.901. The number of ketones is 1. The molecule has 5 heteroatoms. The predicted octanol–water partition coefficient (Wildman–Crippen LogP) is 3.21. The average Bonchev–Trinajstić information content (AvgIpc) is 2.83. The van der Waals surface area contributed by atoms with Crippen LogP contribution in [-0.2, 0) is 4.74 Å². The highest BCUT2D eigenvalue weighted by molar-refractivity contribution is 6.31. The zero-order valence-corrected chi connectivity index (χ0v) is 14.1. The van der Waals surface area contributed by atoms with Gasteiger partial charge in [0.15, 0.2) is 5.78 Å².